The molecule has 1 heterocycles. The van der Waals surface area contributed by atoms with Gasteiger partial charge in [-0.15, -0.1) is 11.3 Å². The molecule has 9 heteroatoms. The number of hydrogen-bond donors (Lipinski definition) is 1. The lowest BCUT2D eigenvalue weighted by atomic mass is 10.1. The van der Waals surface area contributed by atoms with Gasteiger partial charge in [0.25, 0.3) is 0 Å². The van der Waals surface area contributed by atoms with E-state index in [0.717, 1.165) is 35.8 Å². The minimum absolute atomic E-state index is 0.0190. The summed E-state index contributed by atoms with van der Waals surface area (Å²) in [6.45, 7) is 0.550. The Morgan fingerprint density at radius 3 is 2.66 bits per heavy atom. The van der Waals surface area contributed by atoms with Crippen molar-refractivity contribution in [2.45, 2.75) is 10.8 Å². The van der Waals surface area contributed by atoms with Gasteiger partial charge in [-0.1, -0.05) is 45.9 Å². The van der Waals surface area contributed by atoms with Crippen molar-refractivity contribution in [2.75, 3.05) is 26.5 Å². The van der Waals surface area contributed by atoms with Gasteiger partial charge < -0.3 is 14.8 Å². The maximum Gasteiger partial charge on any atom is 0.230 e. The number of amides is 1. The van der Waals surface area contributed by atoms with Gasteiger partial charge in [-0.2, -0.15) is 0 Å². The van der Waals surface area contributed by atoms with Crippen LogP contribution in [0.15, 0.2) is 74.5 Å². The summed E-state index contributed by atoms with van der Waals surface area (Å²) in [5.74, 6) is 1.68. The minimum Gasteiger partial charge on any atom is -0.493 e. The summed E-state index contributed by atoms with van der Waals surface area (Å²) < 4.78 is 13.5. The standard InChI is InChI=1S/C26H24BrN3O3S2/c1-32-22-10-5-17(13-23(22)33-2)11-12-28-25(31)16-34-26-30-21-9-8-20(14-24(21)35-26)29-15-18-3-6-19(27)7-4-18/h3-10,13-15H,11-12,16H2,1-2H3,(H,28,31). The van der Waals surface area contributed by atoms with Gasteiger partial charge in [0.2, 0.25) is 5.91 Å². The van der Waals surface area contributed by atoms with E-state index in [1.165, 1.54) is 11.8 Å². The SMILES string of the molecule is COc1ccc(CCNC(=O)CSc2nc3ccc(N=Cc4ccc(Br)cc4)cc3s2)cc1OC. The third-order valence-corrected chi connectivity index (χ3v) is 7.79. The number of benzene rings is 3. The van der Waals surface area contributed by atoms with E-state index < -0.39 is 0 Å². The Morgan fingerprint density at radius 2 is 1.89 bits per heavy atom. The Kier molecular flexibility index (Phi) is 8.79. The number of rotatable bonds is 10. The Hall–Kier alpha value is -2.88. The van der Waals surface area contributed by atoms with Crippen molar-refractivity contribution in [1.82, 2.24) is 10.3 Å². The maximum absolute atomic E-state index is 12.3. The number of thioether (sulfide) groups is 1. The Bertz CT molecular complexity index is 1340. The monoisotopic (exact) mass is 569 g/mol. The van der Waals surface area contributed by atoms with Crippen LogP contribution in [0.3, 0.4) is 0 Å². The van der Waals surface area contributed by atoms with E-state index in [1.54, 1.807) is 25.6 Å². The molecular weight excluding hydrogens is 546 g/mol. The molecule has 1 amide bonds. The second-order valence-electron chi connectivity index (χ2n) is 7.52. The lowest BCUT2D eigenvalue weighted by Crippen LogP contribution is -2.27. The number of carbonyl (C=O) groups excluding carboxylic acids is 1. The first-order valence-electron chi connectivity index (χ1n) is 10.8. The summed E-state index contributed by atoms with van der Waals surface area (Å²) in [6, 6.07) is 19.7. The molecule has 0 unspecified atom stereocenters. The molecule has 0 aliphatic carbocycles. The highest BCUT2D eigenvalue weighted by Gasteiger charge is 2.09. The molecule has 0 aliphatic heterocycles. The first-order valence-corrected chi connectivity index (χ1v) is 13.4. The molecule has 3 aromatic carbocycles. The highest BCUT2D eigenvalue weighted by molar-refractivity contribution is 9.10. The Labute approximate surface area is 220 Å². The molecule has 35 heavy (non-hydrogen) atoms. The molecule has 4 rings (SSSR count). The molecule has 0 aliphatic rings. The molecule has 0 saturated carbocycles. The topological polar surface area (TPSA) is 72.8 Å². The number of methoxy groups -OCH3 is 2. The average Bonchev–Trinajstić information content (AvgIpc) is 3.29. The molecule has 0 saturated heterocycles. The lowest BCUT2D eigenvalue weighted by molar-refractivity contribution is -0.118. The van der Waals surface area contributed by atoms with Gasteiger partial charge in [-0.25, -0.2) is 4.98 Å². The minimum atomic E-state index is -0.0190. The highest BCUT2D eigenvalue weighted by atomic mass is 79.9. The largest absolute Gasteiger partial charge is 0.493 e. The smallest absolute Gasteiger partial charge is 0.230 e. The van der Waals surface area contributed by atoms with Gasteiger partial charge in [0, 0.05) is 17.2 Å². The second kappa shape index (κ2) is 12.2. The predicted octanol–water partition coefficient (Wildman–Crippen LogP) is 6.28. The number of nitrogens with one attached hydrogen (secondary N) is 1. The van der Waals surface area contributed by atoms with Gasteiger partial charge in [-0.05, 0) is 60.0 Å². The molecule has 0 bridgehead atoms. The summed E-state index contributed by atoms with van der Waals surface area (Å²) >= 11 is 6.45. The fraction of sp³-hybridized carbons (Fsp3) is 0.192. The third-order valence-electron chi connectivity index (χ3n) is 5.10. The molecule has 180 valence electrons. The van der Waals surface area contributed by atoms with Crippen molar-refractivity contribution in [2.24, 2.45) is 4.99 Å². The summed E-state index contributed by atoms with van der Waals surface area (Å²) in [6.07, 6.45) is 2.55. The number of aliphatic imine (C=N–C) groups is 1. The van der Waals surface area contributed by atoms with Gasteiger partial charge in [0.05, 0.1) is 35.9 Å². The van der Waals surface area contributed by atoms with E-state index in [0.29, 0.717) is 30.2 Å². The van der Waals surface area contributed by atoms with Gasteiger partial charge in [0.1, 0.15) is 0 Å². The van der Waals surface area contributed by atoms with Crippen molar-refractivity contribution in [1.29, 1.82) is 0 Å². The zero-order chi connectivity index (χ0) is 24.6. The second-order valence-corrected chi connectivity index (χ2v) is 10.7. The Balaban J connectivity index is 1.27. The lowest BCUT2D eigenvalue weighted by Gasteiger charge is -2.10. The van der Waals surface area contributed by atoms with E-state index in [9.17, 15) is 4.79 Å². The quantitative estimate of drug-likeness (QED) is 0.180. The number of fused-ring (bicyclic) bond motifs is 1. The van der Waals surface area contributed by atoms with E-state index in [4.69, 9.17) is 9.47 Å². The van der Waals surface area contributed by atoms with Crippen molar-refractivity contribution >= 4 is 67.1 Å². The van der Waals surface area contributed by atoms with Crippen LogP contribution in [-0.4, -0.2) is 43.6 Å². The number of halogens is 1. The zero-order valence-electron chi connectivity index (χ0n) is 19.3. The first-order chi connectivity index (χ1) is 17.0. The number of ether oxygens (including phenoxy) is 2. The number of hydrogen-bond acceptors (Lipinski definition) is 7. The van der Waals surface area contributed by atoms with Gasteiger partial charge in [-0.3, -0.25) is 9.79 Å². The van der Waals surface area contributed by atoms with Gasteiger partial charge >= 0.3 is 0 Å². The molecule has 0 fully saturated rings. The van der Waals surface area contributed by atoms with Gasteiger partial charge in [0.15, 0.2) is 15.8 Å². The number of carbonyl (C=O) groups is 1. The van der Waals surface area contributed by atoms with Crippen molar-refractivity contribution < 1.29 is 14.3 Å². The molecule has 0 radical (unpaired) electrons. The molecule has 4 aromatic rings. The number of aromatic nitrogens is 1. The molecule has 1 aromatic heterocycles. The summed E-state index contributed by atoms with van der Waals surface area (Å²) in [4.78, 5) is 21.5. The third kappa shape index (κ3) is 7.06. The van der Waals surface area contributed by atoms with E-state index in [-0.39, 0.29) is 5.91 Å². The van der Waals surface area contributed by atoms with Crippen molar-refractivity contribution in [3.05, 3.63) is 76.3 Å². The first kappa shape index (κ1) is 25.2. The van der Waals surface area contributed by atoms with Crippen LogP contribution in [0.2, 0.25) is 0 Å². The van der Waals surface area contributed by atoms with Crippen LogP contribution in [-0.2, 0) is 11.2 Å². The summed E-state index contributed by atoms with van der Waals surface area (Å²) in [7, 11) is 3.22. The number of thiazole rings is 1. The van der Waals surface area contributed by atoms with E-state index in [2.05, 4.69) is 31.2 Å². The molecular formula is C26H24BrN3O3S2. The van der Waals surface area contributed by atoms with E-state index in [1.807, 2.05) is 66.9 Å². The Morgan fingerprint density at radius 1 is 1.09 bits per heavy atom. The predicted molar refractivity (Wildman–Crippen MR) is 148 cm³/mol. The molecule has 1 N–H and O–H groups in total. The van der Waals surface area contributed by atoms with Crippen LogP contribution in [0.4, 0.5) is 5.69 Å². The maximum atomic E-state index is 12.3. The molecule has 6 nitrogen and oxygen atoms in total. The normalized spacial score (nSPS) is 11.2. The van der Waals surface area contributed by atoms with Crippen LogP contribution in [0.25, 0.3) is 10.2 Å². The van der Waals surface area contributed by atoms with Crippen molar-refractivity contribution in [3.63, 3.8) is 0 Å². The summed E-state index contributed by atoms with van der Waals surface area (Å²) in [5, 5.41) is 2.97. The molecule has 0 atom stereocenters. The van der Waals surface area contributed by atoms with Crippen LogP contribution in [0.1, 0.15) is 11.1 Å². The average molecular weight is 571 g/mol. The van der Waals surface area contributed by atoms with Crippen molar-refractivity contribution in [3.8, 4) is 11.5 Å². The fourth-order valence-corrected chi connectivity index (χ4v) is 5.49. The van der Waals surface area contributed by atoms with E-state index >= 15 is 0 Å². The van der Waals surface area contributed by atoms with Crippen LogP contribution >= 0.6 is 39.0 Å². The molecule has 0 spiro atoms. The van der Waals surface area contributed by atoms with Crippen LogP contribution < -0.4 is 14.8 Å². The number of nitrogens with zero attached hydrogens (tertiary/aromatic N) is 2. The summed E-state index contributed by atoms with van der Waals surface area (Å²) in [5.41, 5.74) is 3.88. The van der Waals surface area contributed by atoms with Crippen LogP contribution in [0, 0.1) is 0 Å². The highest BCUT2D eigenvalue weighted by Crippen LogP contribution is 2.32. The zero-order valence-corrected chi connectivity index (χ0v) is 22.5. The fourth-order valence-electron chi connectivity index (χ4n) is 3.29. The van der Waals surface area contributed by atoms with Crippen LogP contribution in [0.5, 0.6) is 11.5 Å².